The summed E-state index contributed by atoms with van der Waals surface area (Å²) in [6.45, 7) is 11.1. The molecular weight excluding hydrogens is 216 g/mol. The minimum atomic E-state index is 0.335. The van der Waals surface area contributed by atoms with E-state index in [0.717, 1.165) is 26.2 Å². The maximum Gasteiger partial charge on any atom is 0.0325 e. The Morgan fingerprint density at radius 3 is 2.75 bits per heavy atom. The van der Waals surface area contributed by atoms with Crippen LogP contribution in [0.15, 0.2) is 17.5 Å². The number of hydrogen-bond donors (Lipinski definition) is 1. The minimum Gasteiger partial charge on any atom is -0.316 e. The lowest BCUT2D eigenvalue weighted by atomic mass is 9.93. The summed E-state index contributed by atoms with van der Waals surface area (Å²) < 4.78 is 0. The first-order valence-corrected chi connectivity index (χ1v) is 6.83. The Bertz CT molecular complexity index is 280. The zero-order valence-electron chi connectivity index (χ0n) is 10.9. The van der Waals surface area contributed by atoms with Crippen LogP contribution in [-0.4, -0.2) is 31.6 Å². The molecule has 3 heteroatoms. The molecule has 0 spiro atoms. The number of hydrogen-bond acceptors (Lipinski definition) is 3. The molecule has 0 saturated carbocycles. The van der Waals surface area contributed by atoms with Gasteiger partial charge in [-0.2, -0.15) is 0 Å². The summed E-state index contributed by atoms with van der Waals surface area (Å²) in [7, 11) is 2.20. The van der Waals surface area contributed by atoms with Gasteiger partial charge in [-0.05, 0) is 30.5 Å². The fraction of sp³-hybridized carbons (Fsp3) is 0.692. The van der Waals surface area contributed by atoms with Crippen LogP contribution in [0.5, 0.6) is 0 Å². The number of nitrogens with zero attached hydrogens (tertiary/aromatic N) is 1. The quantitative estimate of drug-likeness (QED) is 0.788. The maximum atomic E-state index is 3.43. The Hall–Kier alpha value is -0.380. The highest BCUT2D eigenvalue weighted by molar-refractivity contribution is 7.09. The van der Waals surface area contributed by atoms with Gasteiger partial charge in [0.25, 0.3) is 0 Å². The molecule has 1 heterocycles. The van der Waals surface area contributed by atoms with Crippen molar-refractivity contribution < 1.29 is 0 Å². The molecule has 92 valence electrons. The Kier molecular flexibility index (Phi) is 5.46. The molecule has 1 aromatic rings. The van der Waals surface area contributed by atoms with Crippen molar-refractivity contribution in [1.82, 2.24) is 10.2 Å². The lowest BCUT2D eigenvalue weighted by Crippen LogP contribution is -2.38. The summed E-state index contributed by atoms with van der Waals surface area (Å²) >= 11 is 1.84. The predicted octanol–water partition coefficient (Wildman–Crippen LogP) is 2.82. The zero-order chi connectivity index (χ0) is 12.0. The standard InChI is InChI=1S/C13H24N2S/c1-5-14-10-13(2,3)11-15(4)9-12-7-6-8-16-12/h6-8,14H,5,9-11H2,1-4H3. The van der Waals surface area contributed by atoms with E-state index in [2.05, 4.69) is 55.5 Å². The Balaban J connectivity index is 2.35. The van der Waals surface area contributed by atoms with E-state index in [0.29, 0.717) is 5.41 Å². The van der Waals surface area contributed by atoms with Gasteiger partial charge >= 0.3 is 0 Å². The van der Waals surface area contributed by atoms with Crippen molar-refractivity contribution in [3.05, 3.63) is 22.4 Å². The minimum absolute atomic E-state index is 0.335. The fourth-order valence-electron chi connectivity index (χ4n) is 1.97. The smallest absolute Gasteiger partial charge is 0.0325 e. The molecule has 0 fully saturated rings. The summed E-state index contributed by atoms with van der Waals surface area (Å²) in [6, 6.07) is 4.33. The Morgan fingerprint density at radius 1 is 1.44 bits per heavy atom. The largest absolute Gasteiger partial charge is 0.316 e. The van der Waals surface area contributed by atoms with E-state index < -0.39 is 0 Å². The molecule has 0 unspecified atom stereocenters. The van der Waals surface area contributed by atoms with E-state index in [-0.39, 0.29) is 0 Å². The third-order valence-electron chi connectivity index (χ3n) is 2.56. The molecule has 1 N–H and O–H groups in total. The summed E-state index contributed by atoms with van der Waals surface area (Å²) in [4.78, 5) is 3.85. The van der Waals surface area contributed by atoms with Crippen LogP contribution in [0.2, 0.25) is 0 Å². The van der Waals surface area contributed by atoms with Crippen LogP contribution in [-0.2, 0) is 6.54 Å². The lowest BCUT2D eigenvalue weighted by Gasteiger charge is -2.30. The van der Waals surface area contributed by atoms with Crippen LogP contribution in [0.3, 0.4) is 0 Å². The average Bonchev–Trinajstić information content (AvgIpc) is 2.66. The first-order chi connectivity index (χ1) is 7.53. The van der Waals surface area contributed by atoms with E-state index >= 15 is 0 Å². The number of rotatable bonds is 7. The van der Waals surface area contributed by atoms with Crippen molar-refractivity contribution in [1.29, 1.82) is 0 Å². The van der Waals surface area contributed by atoms with Gasteiger partial charge in [0, 0.05) is 24.5 Å². The summed E-state index contributed by atoms with van der Waals surface area (Å²) in [5, 5.41) is 5.57. The topological polar surface area (TPSA) is 15.3 Å². The van der Waals surface area contributed by atoms with Gasteiger partial charge in [0.1, 0.15) is 0 Å². The maximum absolute atomic E-state index is 3.43. The van der Waals surface area contributed by atoms with Gasteiger partial charge in [0.15, 0.2) is 0 Å². The molecule has 2 nitrogen and oxygen atoms in total. The van der Waals surface area contributed by atoms with E-state index in [1.807, 2.05) is 11.3 Å². The first-order valence-electron chi connectivity index (χ1n) is 5.95. The molecule has 0 atom stereocenters. The summed E-state index contributed by atoms with van der Waals surface area (Å²) in [5.74, 6) is 0. The summed E-state index contributed by atoms with van der Waals surface area (Å²) in [5.41, 5.74) is 0.335. The van der Waals surface area contributed by atoms with Gasteiger partial charge in [-0.3, -0.25) is 0 Å². The lowest BCUT2D eigenvalue weighted by molar-refractivity contribution is 0.200. The highest BCUT2D eigenvalue weighted by Crippen LogP contribution is 2.18. The average molecular weight is 240 g/mol. The van der Waals surface area contributed by atoms with Crippen molar-refractivity contribution in [2.45, 2.75) is 27.3 Å². The number of thiophene rings is 1. The predicted molar refractivity (Wildman–Crippen MR) is 73.0 cm³/mol. The van der Waals surface area contributed by atoms with E-state index in [4.69, 9.17) is 0 Å². The molecule has 0 bridgehead atoms. The SMILES string of the molecule is CCNCC(C)(C)CN(C)Cc1cccs1. The molecule has 0 radical (unpaired) electrons. The van der Waals surface area contributed by atoms with Crippen LogP contribution in [0.4, 0.5) is 0 Å². The van der Waals surface area contributed by atoms with Crippen molar-refractivity contribution in [2.75, 3.05) is 26.7 Å². The van der Waals surface area contributed by atoms with Gasteiger partial charge in [-0.1, -0.05) is 26.8 Å². The number of nitrogens with one attached hydrogen (secondary N) is 1. The van der Waals surface area contributed by atoms with Crippen LogP contribution in [0.1, 0.15) is 25.6 Å². The van der Waals surface area contributed by atoms with Crippen molar-refractivity contribution >= 4 is 11.3 Å². The molecule has 0 aliphatic heterocycles. The third-order valence-corrected chi connectivity index (χ3v) is 3.42. The second-order valence-electron chi connectivity index (χ2n) is 5.20. The molecule has 0 aromatic carbocycles. The molecule has 0 aliphatic carbocycles. The van der Waals surface area contributed by atoms with Crippen LogP contribution >= 0.6 is 11.3 Å². The second kappa shape index (κ2) is 6.38. The van der Waals surface area contributed by atoms with Gasteiger partial charge in [-0.15, -0.1) is 11.3 Å². The Morgan fingerprint density at radius 2 is 2.19 bits per heavy atom. The normalized spacial score (nSPS) is 12.3. The van der Waals surface area contributed by atoms with Gasteiger partial charge < -0.3 is 10.2 Å². The molecule has 1 aromatic heterocycles. The second-order valence-corrected chi connectivity index (χ2v) is 6.23. The molecule has 0 saturated heterocycles. The van der Waals surface area contributed by atoms with Gasteiger partial charge in [0.05, 0.1) is 0 Å². The molecule has 0 aliphatic rings. The van der Waals surface area contributed by atoms with E-state index in [1.54, 1.807) is 0 Å². The molecule has 0 amide bonds. The van der Waals surface area contributed by atoms with Crippen LogP contribution in [0.25, 0.3) is 0 Å². The van der Waals surface area contributed by atoms with Crippen molar-refractivity contribution in [3.63, 3.8) is 0 Å². The van der Waals surface area contributed by atoms with Gasteiger partial charge in [-0.25, -0.2) is 0 Å². The van der Waals surface area contributed by atoms with Crippen molar-refractivity contribution in [3.8, 4) is 0 Å². The highest BCUT2D eigenvalue weighted by atomic mass is 32.1. The zero-order valence-corrected chi connectivity index (χ0v) is 11.7. The van der Waals surface area contributed by atoms with Gasteiger partial charge in [0.2, 0.25) is 0 Å². The van der Waals surface area contributed by atoms with E-state index in [9.17, 15) is 0 Å². The van der Waals surface area contributed by atoms with Crippen molar-refractivity contribution in [2.24, 2.45) is 5.41 Å². The Labute approximate surface area is 104 Å². The monoisotopic (exact) mass is 240 g/mol. The highest BCUT2D eigenvalue weighted by Gasteiger charge is 2.19. The third kappa shape index (κ3) is 5.10. The molecular formula is C13H24N2S. The summed E-state index contributed by atoms with van der Waals surface area (Å²) in [6.07, 6.45) is 0. The van der Waals surface area contributed by atoms with Crippen LogP contribution in [0, 0.1) is 5.41 Å². The fourth-order valence-corrected chi connectivity index (χ4v) is 2.76. The van der Waals surface area contributed by atoms with E-state index in [1.165, 1.54) is 4.88 Å². The molecule has 16 heavy (non-hydrogen) atoms. The van der Waals surface area contributed by atoms with Crippen LogP contribution < -0.4 is 5.32 Å². The molecule has 1 rings (SSSR count). The first kappa shape index (κ1) is 13.7.